The summed E-state index contributed by atoms with van der Waals surface area (Å²) in [5, 5.41) is 16.0. The van der Waals surface area contributed by atoms with E-state index in [0.717, 1.165) is 6.21 Å². The number of carbonyl (C=O) groups is 1. The lowest BCUT2D eigenvalue weighted by Crippen LogP contribution is -2.12. The number of nitrogens with one attached hydrogen (secondary N) is 1. The quantitative estimate of drug-likeness (QED) is 0.304. The zero-order chi connectivity index (χ0) is 12.0. The highest BCUT2D eigenvalue weighted by Crippen LogP contribution is 2.13. The minimum absolute atomic E-state index is 0.0599. The largest absolute Gasteiger partial charge is 0.515 e. The first-order valence-electron chi connectivity index (χ1n) is 4.45. The first-order valence-corrected chi connectivity index (χ1v) is 4.45. The Kier molecular flexibility index (Phi) is 3.97. The number of hydrogen-bond acceptors (Lipinski definition) is 4. The van der Waals surface area contributed by atoms with Crippen molar-refractivity contribution in [2.45, 2.75) is 0 Å². The number of aliphatic hydroxyl groups excluding tert-OH is 1. The maximum absolute atomic E-state index is 10.9. The van der Waals surface area contributed by atoms with Crippen molar-refractivity contribution >= 4 is 17.7 Å². The molecule has 1 aromatic heterocycles. The second kappa shape index (κ2) is 5.45. The van der Waals surface area contributed by atoms with Crippen LogP contribution in [-0.4, -0.2) is 22.2 Å². The van der Waals surface area contributed by atoms with Crippen LogP contribution < -0.4 is 5.73 Å². The van der Waals surface area contributed by atoms with Gasteiger partial charge in [0.1, 0.15) is 0 Å². The monoisotopic (exact) mass is 217 g/mol. The Bertz CT molecular complexity index is 450. The predicted molar refractivity (Wildman–Crippen MR) is 60.9 cm³/mol. The first kappa shape index (κ1) is 11.6. The summed E-state index contributed by atoms with van der Waals surface area (Å²) in [5.74, 6) is -0.754. The summed E-state index contributed by atoms with van der Waals surface area (Å²) in [7, 11) is 0. The second-order valence-corrected chi connectivity index (χ2v) is 2.93. The number of nitrogens with two attached hydrogens (primary N) is 1. The number of rotatable bonds is 4. The van der Waals surface area contributed by atoms with E-state index in [4.69, 9.17) is 16.2 Å². The van der Waals surface area contributed by atoms with Crippen molar-refractivity contribution in [1.29, 1.82) is 5.41 Å². The molecular formula is C11H11N3O2. The molecule has 5 heteroatoms. The Hall–Kier alpha value is -2.43. The number of allylic oxidation sites excluding steroid dienone is 1. The summed E-state index contributed by atoms with van der Waals surface area (Å²) in [6.45, 7) is 0. The zero-order valence-corrected chi connectivity index (χ0v) is 8.42. The second-order valence-electron chi connectivity index (χ2n) is 2.93. The lowest BCUT2D eigenvalue weighted by atomic mass is 10.1. The van der Waals surface area contributed by atoms with E-state index in [2.05, 4.69) is 4.98 Å². The summed E-state index contributed by atoms with van der Waals surface area (Å²) in [6.07, 6.45) is 6.16. The molecule has 0 saturated heterocycles. The summed E-state index contributed by atoms with van der Waals surface area (Å²) < 4.78 is 0. The average molecular weight is 217 g/mol. The molecule has 1 heterocycles. The van der Waals surface area contributed by atoms with Gasteiger partial charge in [0, 0.05) is 24.2 Å². The lowest BCUT2D eigenvalue weighted by molar-refractivity contribution is -0.114. The van der Waals surface area contributed by atoms with E-state index in [-0.39, 0.29) is 5.57 Å². The Morgan fingerprint density at radius 1 is 1.44 bits per heavy atom. The Morgan fingerprint density at radius 2 is 2.06 bits per heavy atom. The number of hydrogen-bond donors (Lipinski definition) is 3. The third kappa shape index (κ3) is 2.78. The number of pyridine rings is 1. The molecule has 0 radical (unpaired) electrons. The smallest absolute Gasteiger partial charge is 0.251 e. The van der Waals surface area contributed by atoms with Gasteiger partial charge in [-0.25, -0.2) is 0 Å². The van der Waals surface area contributed by atoms with Crippen LogP contribution in [0.3, 0.4) is 0 Å². The molecular weight excluding hydrogens is 206 g/mol. The SMILES string of the molecule is N=CC(=CC(=CO)C(N)=O)c1ccncc1. The zero-order valence-electron chi connectivity index (χ0n) is 8.42. The van der Waals surface area contributed by atoms with Crippen LogP contribution in [0.25, 0.3) is 5.57 Å². The Balaban J connectivity index is 3.13. The molecule has 0 aliphatic carbocycles. The van der Waals surface area contributed by atoms with E-state index in [0.29, 0.717) is 17.4 Å². The minimum atomic E-state index is -0.754. The molecule has 1 aromatic rings. The van der Waals surface area contributed by atoms with Crippen LogP contribution in [0.2, 0.25) is 0 Å². The van der Waals surface area contributed by atoms with E-state index in [1.54, 1.807) is 24.5 Å². The van der Waals surface area contributed by atoms with Crippen LogP contribution in [-0.2, 0) is 4.79 Å². The normalized spacial score (nSPS) is 12.2. The van der Waals surface area contributed by atoms with Crippen LogP contribution in [0, 0.1) is 5.41 Å². The average Bonchev–Trinajstić information content (AvgIpc) is 2.31. The molecule has 0 aliphatic rings. The Labute approximate surface area is 92.4 Å². The standard InChI is InChI=1S/C11H11N3O2/c12-6-9(5-10(7-15)11(13)16)8-1-3-14-4-2-8/h1-7,12,15H,(H2,13,16). The lowest BCUT2D eigenvalue weighted by Gasteiger charge is -2.01. The predicted octanol–water partition coefficient (Wildman–Crippen LogP) is 1.04. The maximum atomic E-state index is 10.9. The molecule has 82 valence electrons. The van der Waals surface area contributed by atoms with Gasteiger partial charge in [-0.3, -0.25) is 9.78 Å². The van der Waals surface area contributed by atoms with E-state index < -0.39 is 5.91 Å². The molecule has 0 unspecified atom stereocenters. The van der Waals surface area contributed by atoms with Gasteiger partial charge in [-0.05, 0) is 23.8 Å². The van der Waals surface area contributed by atoms with Crippen molar-refractivity contribution in [3.8, 4) is 0 Å². The Morgan fingerprint density at radius 3 is 2.50 bits per heavy atom. The van der Waals surface area contributed by atoms with Gasteiger partial charge >= 0.3 is 0 Å². The minimum Gasteiger partial charge on any atom is -0.515 e. The van der Waals surface area contributed by atoms with Gasteiger partial charge in [0.25, 0.3) is 5.91 Å². The molecule has 16 heavy (non-hydrogen) atoms. The van der Waals surface area contributed by atoms with Gasteiger partial charge < -0.3 is 16.2 Å². The third-order valence-electron chi connectivity index (χ3n) is 1.90. The molecule has 0 fully saturated rings. The van der Waals surface area contributed by atoms with Crippen molar-refractivity contribution in [3.63, 3.8) is 0 Å². The number of aliphatic hydroxyl groups is 1. The van der Waals surface area contributed by atoms with E-state index in [1.807, 2.05) is 0 Å². The number of carbonyl (C=O) groups excluding carboxylic acids is 1. The molecule has 0 saturated carbocycles. The van der Waals surface area contributed by atoms with E-state index in [9.17, 15) is 4.79 Å². The molecule has 1 rings (SSSR count). The van der Waals surface area contributed by atoms with Crippen LogP contribution in [0.15, 0.2) is 42.4 Å². The van der Waals surface area contributed by atoms with E-state index >= 15 is 0 Å². The highest BCUT2D eigenvalue weighted by Gasteiger charge is 2.04. The summed E-state index contributed by atoms with van der Waals surface area (Å²) in [5.41, 5.74) is 6.14. The summed E-state index contributed by atoms with van der Waals surface area (Å²) in [6, 6.07) is 3.37. The molecule has 4 N–H and O–H groups in total. The van der Waals surface area contributed by atoms with Gasteiger partial charge in [0.15, 0.2) is 0 Å². The summed E-state index contributed by atoms with van der Waals surface area (Å²) in [4.78, 5) is 14.7. The number of primary amides is 1. The van der Waals surface area contributed by atoms with Gasteiger partial charge in [-0.1, -0.05) is 0 Å². The number of amides is 1. The van der Waals surface area contributed by atoms with Gasteiger partial charge in [0.2, 0.25) is 0 Å². The van der Waals surface area contributed by atoms with Crippen molar-refractivity contribution < 1.29 is 9.90 Å². The van der Waals surface area contributed by atoms with E-state index in [1.165, 1.54) is 6.08 Å². The van der Waals surface area contributed by atoms with Crippen molar-refractivity contribution in [3.05, 3.63) is 48.0 Å². The van der Waals surface area contributed by atoms with Crippen molar-refractivity contribution in [1.82, 2.24) is 4.98 Å². The molecule has 0 aromatic carbocycles. The number of nitrogens with zero attached hydrogens (tertiary/aromatic N) is 1. The van der Waals surface area contributed by atoms with Crippen LogP contribution in [0.1, 0.15) is 5.56 Å². The fourth-order valence-electron chi connectivity index (χ4n) is 1.09. The highest BCUT2D eigenvalue weighted by molar-refractivity contribution is 6.11. The molecule has 0 aliphatic heterocycles. The van der Waals surface area contributed by atoms with Gasteiger partial charge in [-0.2, -0.15) is 0 Å². The highest BCUT2D eigenvalue weighted by atomic mass is 16.2. The fourth-order valence-corrected chi connectivity index (χ4v) is 1.09. The van der Waals surface area contributed by atoms with Crippen LogP contribution >= 0.6 is 0 Å². The summed E-state index contributed by atoms with van der Waals surface area (Å²) >= 11 is 0. The third-order valence-corrected chi connectivity index (χ3v) is 1.90. The van der Waals surface area contributed by atoms with Crippen LogP contribution in [0.4, 0.5) is 0 Å². The molecule has 0 spiro atoms. The molecule has 0 bridgehead atoms. The number of aromatic nitrogens is 1. The van der Waals surface area contributed by atoms with Crippen molar-refractivity contribution in [2.75, 3.05) is 0 Å². The van der Waals surface area contributed by atoms with Gasteiger partial charge in [-0.15, -0.1) is 0 Å². The van der Waals surface area contributed by atoms with Gasteiger partial charge in [0.05, 0.1) is 11.8 Å². The van der Waals surface area contributed by atoms with Crippen molar-refractivity contribution in [2.24, 2.45) is 5.73 Å². The molecule has 1 amide bonds. The first-order chi connectivity index (χ1) is 7.69. The fraction of sp³-hybridized carbons (Fsp3) is 0. The van der Waals surface area contributed by atoms with Crippen LogP contribution in [0.5, 0.6) is 0 Å². The maximum Gasteiger partial charge on any atom is 0.251 e. The topological polar surface area (TPSA) is 100 Å². The molecule has 0 atom stereocenters. The molecule has 5 nitrogen and oxygen atoms in total.